The van der Waals surface area contributed by atoms with Gasteiger partial charge in [-0.2, -0.15) is 0 Å². The molecule has 0 saturated heterocycles. The zero-order chi connectivity index (χ0) is 36.8. The third-order valence-electron chi connectivity index (χ3n) is 10.8. The van der Waals surface area contributed by atoms with E-state index in [0.717, 1.165) is 49.7 Å². The van der Waals surface area contributed by atoms with Gasteiger partial charge in [0, 0.05) is 25.3 Å². The lowest BCUT2D eigenvalue weighted by Gasteiger charge is -2.35. The number of fused-ring (bicyclic) bond motifs is 1. The highest BCUT2D eigenvalue weighted by molar-refractivity contribution is 5.99. The van der Waals surface area contributed by atoms with Crippen molar-refractivity contribution in [1.29, 1.82) is 0 Å². The fourth-order valence-electron chi connectivity index (χ4n) is 7.29. The van der Waals surface area contributed by atoms with E-state index in [1.807, 2.05) is 18.2 Å². The van der Waals surface area contributed by atoms with Crippen molar-refractivity contribution < 1.29 is 14.3 Å². The summed E-state index contributed by atoms with van der Waals surface area (Å²) in [7, 11) is 0. The number of ether oxygens (including phenoxy) is 2. The molecule has 0 aromatic heterocycles. The Morgan fingerprint density at radius 1 is 0.577 bits per heavy atom. The Kier molecular flexibility index (Phi) is 24.5. The third-order valence-corrected chi connectivity index (χ3v) is 10.8. The van der Waals surface area contributed by atoms with Gasteiger partial charge < -0.3 is 14.4 Å². The van der Waals surface area contributed by atoms with Gasteiger partial charge in [0.1, 0.15) is 0 Å². The van der Waals surface area contributed by atoms with Gasteiger partial charge in [0.15, 0.2) is 6.29 Å². The Labute approximate surface area is 320 Å². The second-order valence-corrected chi connectivity index (χ2v) is 15.4. The molecule has 1 aliphatic carbocycles. The minimum atomic E-state index is -0.332. The number of nitrogens with zero attached hydrogens (tertiary/aromatic N) is 1. The number of benzene rings is 1. The van der Waals surface area contributed by atoms with Crippen LogP contribution in [0.4, 0.5) is 0 Å². The number of carbonyl (C=O) groups is 1. The van der Waals surface area contributed by atoms with E-state index in [9.17, 15) is 4.79 Å². The van der Waals surface area contributed by atoms with Crippen molar-refractivity contribution in [3.05, 3.63) is 84.0 Å². The second-order valence-electron chi connectivity index (χ2n) is 15.4. The molecule has 1 aliphatic heterocycles. The molecule has 292 valence electrons. The van der Waals surface area contributed by atoms with Crippen molar-refractivity contribution >= 4 is 5.91 Å². The smallest absolute Gasteiger partial charge is 0.255 e. The maximum absolute atomic E-state index is 13.5. The number of hydrogen-bond acceptors (Lipinski definition) is 3. The quantitative estimate of drug-likeness (QED) is 0.0405. The maximum Gasteiger partial charge on any atom is 0.255 e. The number of carbonyl (C=O) groups excluding carboxylic acids is 1. The molecule has 0 unspecified atom stereocenters. The minimum Gasteiger partial charge on any atom is -0.350 e. The van der Waals surface area contributed by atoms with Crippen LogP contribution in [0.3, 0.4) is 0 Å². The predicted molar refractivity (Wildman–Crippen MR) is 223 cm³/mol. The van der Waals surface area contributed by atoms with E-state index in [4.69, 9.17) is 9.47 Å². The number of amides is 1. The fraction of sp³-hybridized carbons (Fsp3) is 0.688. The van der Waals surface area contributed by atoms with Gasteiger partial charge in [0.25, 0.3) is 5.91 Å². The fourth-order valence-corrected chi connectivity index (χ4v) is 7.29. The highest BCUT2D eigenvalue weighted by atomic mass is 16.7. The van der Waals surface area contributed by atoms with Crippen LogP contribution in [0.5, 0.6) is 0 Å². The van der Waals surface area contributed by atoms with Crippen LogP contribution in [0.1, 0.15) is 197 Å². The second kappa shape index (κ2) is 29.0. The van der Waals surface area contributed by atoms with Crippen LogP contribution in [0, 0.1) is 0 Å². The highest BCUT2D eigenvalue weighted by Crippen LogP contribution is 2.49. The molecule has 1 saturated carbocycles. The van der Waals surface area contributed by atoms with Crippen molar-refractivity contribution in [2.75, 3.05) is 13.2 Å². The molecule has 0 N–H and O–H groups in total. The molecule has 1 heterocycles. The molecule has 0 atom stereocenters. The Morgan fingerprint density at radius 3 is 1.44 bits per heavy atom. The van der Waals surface area contributed by atoms with Gasteiger partial charge >= 0.3 is 0 Å². The van der Waals surface area contributed by atoms with E-state index in [1.54, 1.807) is 0 Å². The summed E-state index contributed by atoms with van der Waals surface area (Å²) in [5.41, 5.74) is 1.67. The summed E-state index contributed by atoms with van der Waals surface area (Å²) in [6.45, 7) is 6.61. The topological polar surface area (TPSA) is 38.8 Å². The molecular weight excluding hydrogens is 639 g/mol. The lowest BCUT2D eigenvalue weighted by atomic mass is 10.1. The van der Waals surface area contributed by atoms with E-state index in [2.05, 4.69) is 73.4 Å². The van der Waals surface area contributed by atoms with Crippen molar-refractivity contribution in [3.63, 3.8) is 0 Å². The summed E-state index contributed by atoms with van der Waals surface area (Å²) in [5.74, 6) is 0.146. The molecule has 1 aromatic rings. The summed E-state index contributed by atoms with van der Waals surface area (Å²) in [6, 6.07) is 8.07. The molecule has 1 aromatic carbocycles. The van der Waals surface area contributed by atoms with Crippen LogP contribution in [0.15, 0.2) is 72.9 Å². The van der Waals surface area contributed by atoms with Crippen molar-refractivity contribution in [3.8, 4) is 0 Å². The molecule has 4 heteroatoms. The Balaban J connectivity index is 1.28. The van der Waals surface area contributed by atoms with Gasteiger partial charge in [-0.3, -0.25) is 4.79 Å². The van der Waals surface area contributed by atoms with Crippen LogP contribution in [0.25, 0.3) is 0 Å². The minimum absolute atomic E-state index is 0.146. The molecule has 0 bridgehead atoms. The monoisotopic (exact) mass is 716 g/mol. The first-order chi connectivity index (χ1) is 25.7. The largest absolute Gasteiger partial charge is 0.350 e. The van der Waals surface area contributed by atoms with E-state index in [-0.39, 0.29) is 17.7 Å². The summed E-state index contributed by atoms with van der Waals surface area (Å²) < 4.78 is 13.1. The van der Waals surface area contributed by atoms with Gasteiger partial charge in [-0.25, -0.2) is 0 Å². The Hall–Kier alpha value is -2.43. The van der Waals surface area contributed by atoms with Crippen LogP contribution < -0.4 is 0 Å². The summed E-state index contributed by atoms with van der Waals surface area (Å²) >= 11 is 0. The average Bonchev–Trinajstić information content (AvgIpc) is 3.89. The van der Waals surface area contributed by atoms with Gasteiger partial charge in [-0.1, -0.05) is 158 Å². The molecular formula is C48H77NO3. The zero-order valence-corrected chi connectivity index (χ0v) is 33.7. The summed E-state index contributed by atoms with van der Waals surface area (Å²) in [6.07, 6.45) is 50.0. The van der Waals surface area contributed by atoms with Gasteiger partial charge in [-0.15, -0.1) is 0 Å². The number of unbranched alkanes of at least 4 members (excludes halogenated alkanes) is 18. The van der Waals surface area contributed by atoms with Crippen molar-refractivity contribution in [1.82, 2.24) is 4.90 Å². The van der Waals surface area contributed by atoms with Crippen LogP contribution in [0.2, 0.25) is 0 Å². The molecule has 1 fully saturated rings. The maximum atomic E-state index is 13.5. The van der Waals surface area contributed by atoms with Crippen molar-refractivity contribution in [2.24, 2.45) is 0 Å². The normalized spacial score (nSPS) is 15.5. The standard InChI is InChI=1S/C48H77NO3/c1-3-5-7-9-11-13-15-17-19-21-23-25-27-29-31-35-41-51-47(48(39-40-48)49-43-44-37-33-34-38-45(44)46(49)50)52-42-36-32-30-28-26-24-22-20-18-16-14-12-10-8-6-4-2/h11-14,17-20,33-34,37-38,47H,3-10,15-16,21-32,35-36,39-43H2,1-2H3/b13-11-,14-12-,19-17-,20-18-. The Bertz CT molecular complexity index is 1110. The molecule has 0 radical (unpaired) electrons. The molecule has 2 aliphatic rings. The zero-order valence-electron chi connectivity index (χ0n) is 33.7. The van der Waals surface area contributed by atoms with Gasteiger partial charge in [0.2, 0.25) is 0 Å². The number of hydrogen-bond donors (Lipinski definition) is 0. The van der Waals surface area contributed by atoms with Gasteiger partial charge in [-0.05, 0) is 102 Å². The SMILES string of the molecule is CCCCC/C=C\C/C=C\CCCCCCCCOC(OCCCCCCCC/C=C\C/C=C\CCCCC)C1(N2Cc3ccccc3C2=O)CC1. The molecule has 0 spiro atoms. The average molecular weight is 716 g/mol. The van der Waals surface area contributed by atoms with Gasteiger partial charge in [0.05, 0.1) is 5.54 Å². The summed E-state index contributed by atoms with van der Waals surface area (Å²) in [4.78, 5) is 15.5. The van der Waals surface area contributed by atoms with Crippen LogP contribution in [-0.2, 0) is 16.0 Å². The van der Waals surface area contributed by atoms with E-state index < -0.39 is 0 Å². The Morgan fingerprint density at radius 2 is 1.00 bits per heavy atom. The molecule has 4 nitrogen and oxygen atoms in total. The lowest BCUT2D eigenvalue weighted by molar-refractivity contribution is -0.184. The van der Waals surface area contributed by atoms with E-state index in [1.165, 1.54) is 128 Å². The molecule has 1 amide bonds. The summed E-state index contributed by atoms with van der Waals surface area (Å²) in [5, 5.41) is 0. The first kappa shape index (κ1) is 44.0. The number of allylic oxidation sites excluding steroid dienone is 8. The third kappa shape index (κ3) is 18.1. The van der Waals surface area contributed by atoms with Crippen LogP contribution in [-0.4, -0.2) is 35.8 Å². The number of rotatable bonds is 34. The van der Waals surface area contributed by atoms with Crippen molar-refractivity contribution in [2.45, 2.75) is 199 Å². The lowest BCUT2D eigenvalue weighted by Crippen LogP contribution is -2.49. The first-order valence-corrected chi connectivity index (χ1v) is 22.0. The molecule has 3 rings (SSSR count). The molecule has 52 heavy (non-hydrogen) atoms. The van der Waals surface area contributed by atoms with E-state index >= 15 is 0 Å². The van der Waals surface area contributed by atoms with Crippen LogP contribution >= 0.6 is 0 Å². The highest BCUT2D eigenvalue weighted by Gasteiger charge is 2.59. The first-order valence-electron chi connectivity index (χ1n) is 22.0. The predicted octanol–water partition coefficient (Wildman–Crippen LogP) is 14.2. The van der Waals surface area contributed by atoms with E-state index in [0.29, 0.717) is 19.8 Å².